The van der Waals surface area contributed by atoms with Gasteiger partial charge in [-0.3, -0.25) is 0 Å². The van der Waals surface area contributed by atoms with Crippen molar-refractivity contribution < 1.29 is 4.79 Å². The van der Waals surface area contributed by atoms with Gasteiger partial charge in [-0.1, -0.05) is 15.9 Å². The third-order valence-electron chi connectivity index (χ3n) is 0.715. The Balaban J connectivity index is 3.05. The topological polar surface area (TPSA) is 17.1 Å². The monoisotopic (exact) mass is 198 g/mol. The summed E-state index contributed by atoms with van der Waals surface area (Å²) in [6.07, 6.45) is 1.29. The van der Waals surface area contributed by atoms with Crippen LogP contribution in [-0.2, 0) is 4.79 Å². The van der Waals surface area contributed by atoms with Crippen LogP contribution in [0, 0.1) is 0 Å². The van der Waals surface area contributed by atoms with E-state index in [0.29, 0.717) is 6.42 Å². The molecule has 0 aliphatic heterocycles. The molecule has 0 spiro atoms. The zero-order chi connectivity index (χ0) is 6.57. The maximum atomic E-state index is 10.3. The highest BCUT2D eigenvalue weighted by atomic mass is 79.9. The van der Waals surface area contributed by atoms with E-state index in [1.807, 2.05) is 0 Å². The molecule has 8 heavy (non-hydrogen) atoms. The summed E-state index contributed by atoms with van der Waals surface area (Å²) in [6, 6.07) is 0. The van der Waals surface area contributed by atoms with E-state index in [9.17, 15) is 4.79 Å². The van der Waals surface area contributed by atoms with Crippen molar-refractivity contribution in [2.24, 2.45) is 0 Å². The minimum absolute atomic E-state index is 0.0496. The summed E-state index contributed by atoms with van der Waals surface area (Å²) >= 11 is 8.60. The minimum atomic E-state index is -0.0496. The summed E-state index contributed by atoms with van der Waals surface area (Å²) in [5.74, 6) is 0.190. The molecule has 1 nitrogen and oxygen atoms in total. The van der Waals surface area contributed by atoms with Crippen LogP contribution in [0.1, 0.15) is 19.8 Å². The Labute approximate surface area is 62.5 Å². The smallest absolute Gasteiger partial charge is 0.129 e. The summed E-state index contributed by atoms with van der Waals surface area (Å²) in [5, 5.41) is 0. The van der Waals surface area contributed by atoms with E-state index in [0.717, 1.165) is 6.42 Å². The van der Waals surface area contributed by atoms with Gasteiger partial charge in [0, 0.05) is 6.42 Å². The quantitative estimate of drug-likeness (QED) is 0.638. The minimum Gasteiger partial charge on any atom is -0.300 e. The van der Waals surface area contributed by atoms with Crippen molar-refractivity contribution in [3.05, 3.63) is 0 Å². The second-order valence-electron chi connectivity index (χ2n) is 1.63. The molecule has 3 heteroatoms. The molecule has 0 bridgehead atoms. The second kappa shape index (κ2) is 4.33. The summed E-state index contributed by atoms with van der Waals surface area (Å²) < 4.78 is -0.0496. The Kier molecular flexibility index (Phi) is 4.57. The van der Waals surface area contributed by atoms with E-state index in [4.69, 9.17) is 11.6 Å². The first-order valence-corrected chi connectivity index (χ1v) is 3.75. The molecule has 0 aromatic carbocycles. The second-order valence-corrected chi connectivity index (χ2v) is 3.79. The van der Waals surface area contributed by atoms with Crippen molar-refractivity contribution in [2.45, 2.75) is 24.1 Å². The van der Waals surface area contributed by atoms with E-state index in [1.54, 1.807) is 6.92 Å². The summed E-state index contributed by atoms with van der Waals surface area (Å²) in [7, 11) is 0. The first-order valence-electron chi connectivity index (χ1n) is 2.40. The van der Waals surface area contributed by atoms with Gasteiger partial charge in [-0.25, -0.2) is 0 Å². The van der Waals surface area contributed by atoms with E-state index < -0.39 is 0 Å². The average Bonchev–Trinajstić information content (AvgIpc) is 1.61. The molecule has 0 amide bonds. The number of hydrogen-bond donors (Lipinski definition) is 0. The van der Waals surface area contributed by atoms with Crippen LogP contribution in [0.4, 0.5) is 0 Å². The van der Waals surface area contributed by atoms with Crippen LogP contribution in [0.5, 0.6) is 0 Å². The van der Waals surface area contributed by atoms with Crippen molar-refractivity contribution in [1.29, 1.82) is 0 Å². The van der Waals surface area contributed by atoms with Crippen LogP contribution in [-0.4, -0.2) is 10.1 Å². The van der Waals surface area contributed by atoms with Gasteiger partial charge in [0.1, 0.15) is 5.78 Å². The predicted molar refractivity (Wildman–Crippen MR) is 38.5 cm³/mol. The maximum absolute atomic E-state index is 10.3. The van der Waals surface area contributed by atoms with Crippen LogP contribution < -0.4 is 0 Å². The molecule has 0 radical (unpaired) electrons. The van der Waals surface area contributed by atoms with E-state index in [1.165, 1.54) is 0 Å². The molecule has 0 aliphatic carbocycles. The predicted octanol–water partition coefficient (Wildman–Crippen LogP) is 2.32. The standard InChI is InChI=1S/C5H8BrClO/c1-4(8)2-3-5(6)7/h5H,2-3H2,1H3. The van der Waals surface area contributed by atoms with Crippen molar-refractivity contribution in [3.8, 4) is 0 Å². The van der Waals surface area contributed by atoms with E-state index in [2.05, 4.69) is 15.9 Å². The van der Waals surface area contributed by atoms with Gasteiger partial charge in [-0.2, -0.15) is 0 Å². The number of Topliss-reactive ketones (excluding diaryl/α,β-unsaturated/α-hetero) is 1. The molecular formula is C5H8BrClO. The number of hydrogen-bond acceptors (Lipinski definition) is 1. The fraction of sp³-hybridized carbons (Fsp3) is 0.800. The molecular weight excluding hydrogens is 191 g/mol. The van der Waals surface area contributed by atoms with Gasteiger partial charge in [0.05, 0.1) is 4.29 Å². The Morgan fingerprint density at radius 1 is 1.88 bits per heavy atom. The van der Waals surface area contributed by atoms with Gasteiger partial charge >= 0.3 is 0 Å². The molecule has 0 aromatic heterocycles. The fourth-order valence-corrected chi connectivity index (χ4v) is 0.650. The van der Waals surface area contributed by atoms with Crippen LogP contribution in [0.15, 0.2) is 0 Å². The lowest BCUT2D eigenvalue weighted by Crippen LogP contribution is -1.93. The average molecular weight is 199 g/mol. The molecule has 1 atom stereocenters. The fourth-order valence-electron chi connectivity index (χ4n) is 0.312. The van der Waals surface area contributed by atoms with Crippen molar-refractivity contribution >= 4 is 33.3 Å². The van der Waals surface area contributed by atoms with Crippen molar-refractivity contribution in [2.75, 3.05) is 0 Å². The number of alkyl halides is 2. The lowest BCUT2D eigenvalue weighted by atomic mass is 10.3. The SMILES string of the molecule is CC(=O)CCC(Cl)Br. The summed E-state index contributed by atoms with van der Waals surface area (Å²) in [4.78, 5) is 10.3. The third kappa shape index (κ3) is 6.44. The van der Waals surface area contributed by atoms with Gasteiger partial charge in [-0.15, -0.1) is 11.6 Å². The van der Waals surface area contributed by atoms with E-state index in [-0.39, 0.29) is 10.1 Å². The highest BCUT2D eigenvalue weighted by molar-refractivity contribution is 9.10. The molecule has 0 N–H and O–H groups in total. The number of halogens is 2. The summed E-state index contributed by atoms with van der Waals surface area (Å²) in [6.45, 7) is 1.56. The first-order chi connectivity index (χ1) is 3.63. The summed E-state index contributed by atoms with van der Waals surface area (Å²) in [5.41, 5.74) is 0. The van der Waals surface area contributed by atoms with Gasteiger partial charge in [0.2, 0.25) is 0 Å². The molecule has 48 valence electrons. The lowest BCUT2D eigenvalue weighted by Gasteiger charge is -1.94. The van der Waals surface area contributed by atoms with Gasteiger partial charge in [0.25, 0.3) is 0 Å². The van der Waals surface area contributed by atoms with Crippen molar-refractivity contribution in [3.63, 3.8) is 0 Å². The third-order valence-corrected chi connectivity index (χ3v) is 1.39. The Morgan fingerprint density at radius 2 is 2.38 bits per heavy atom. The van der Waals surface area contributed by atoms with Crippen molar-refractivity contribution in [1.82, 2.24) is 0 Å². The van der Waals surface area contributed by atoms with Gasteiger partial charge < -0.3 is 4.79 Å². The molecule has 0 saturated heterocycles. The Bertz CT molecular complexity index is 82.5. The highest BCUT2D eigenvalue weighted by Crippen LogP contribution is 2.11. The Hall–Kier alpha value is 0.440. The zero-order valence-corrected chi connectivity index (χ0v) is 7.00. The molecule has 0 saturated carbocycles. The number of carbonyl (C=O) groups is 1. The zero-order valence-electron chi connectivity index (χ0n) is 4.66. The van der Waals surface area contributed by atoms with E-state index >= 15 is 0 Å². The first kappa shape index (κ1) is 8.44. The highest BCUT2D eigenvalue weighted by Gasteiger charge is 1.98. The number of carbonyl (C=O) groups excluding carboxylic acids is 1. The molecule has 0 aromatic rings. The van der Waals surface area contributed by atoms with Crippen LogP contribution >= 0.6 is 27.5 Å². The maximum Gasteiger partial charge on any atom is 0.129 e. The van der Waals surface area contributed by atoms with Gasteiger partial charge in [0.15, 0.2) is 0 Å². The normalized spacial score (nSPS) is 13.4. The molecule has 0 fully saturated rings. The van der Waals surface area contributed by atoms with Gasteiger partial charge in [-0.05, 0) is 13.3 Å². The molecule has 1 unspecified atom stereocenters. The lowest BCUT2D eigenvalue weighted by molar-refractivity contribution is -0.117. The van der Waals surface area contributed by atoms with Crippen LogP contribution in [0.25, 0.3) is 0 Å². The largest absolute Gasteiger partial charge is 0.300 e. The molecule has 0 rings (SSSR count). The number of rotatable bonds is 3. The van der Waals surface area contributed by atoms with Crippen LogP contribution in [0.2, 0.25) is 0 Å². The van der Waals surface area contributed by atoms with Crippen LogP contribution in [0.3, 0.4) is 0 Å². The number of ketones is 1. The molecule has 0 aliphatic rings. The Morgan fingerprint density at radius 3 is 2.50 bits per heavy atom. The molecule has 0 heterocycles.